The molecule has 0 radical (unpaired) electrons. The molecular formula is C88H125N7O14S5. The molecule has 26 heteroatoms. The second-order valence-corrected chi connectivity index (χ2v) is 51.1. The minimum Gasteiger partial charge on any atom is -0.508 e. The van der Waals surface area contributed by atoms with Crippen molar-refractivity contribution in [3.05, 3.63) is 160 Å². The SMILES string of the molecule is C=C(O)c1ccc(S(=O)(=O)N2CC3(C)CC2CC(C)(C)C3)cc1.C=S(=O)(c1ccc(C#N)cc1)N1CC2(C)CC1CC(C)(C)C2.CC(O)c1ccc(S(=O)(=O)N2CC3(C)CC2CC(C)(C)C3)cc1.CC(O)c1ccc(S(=O)(=O)N2CC3(C)CC2CC(C)(C)C3)cc1.CC1(C)CC2CC(C)(CN2S(=O)(=O)c2ccc([N+](=O)[O-])cc2)C1. The summed E-state index contributed by atoms with van der Waals surface area (Å²) in [7, 11) is -16.5. The molecule has 10 bridgehead atoms. The number of nitrogens with zero attached hydrogens (tertiary/aromatic N) is 7. The number of fused-ring (bicyclic) bond motifs is 10. The van der Waals surface area contributed by atoms with Crippen molar-refractivity contribution in [3.63, 3.8) is 0 Å². The van der Waals surface area contributed by atoms with Gasteiger partial charge in [-0.25, -0.2) is 42.2 Å². The molecule has 13 atom stereocenters. The minimum absolute atomic E-state index is 0.0142. The zero-order valence-corrected chi connectivity index (χ0v) is 74.2. The number of aliphatic hydroxyl groups excluding tert-OH is 3. The van der Waals surface area contributed by atoms with Gasteiger partial charge < -0.3 is 15.3 Å². The maximum absolute atomic E-state index is 13.4. The molecule has 13 unspecified atom stereocenters. The van der Waals surface area contributed by atoms with Crippen molar-refractivity contribution in [2.24, 2.45) is 54.1 Å². The van der Waals surface area contributed by atoms with E-state index in [1.807, 2.05) is 0 Å². The van der Waals surface area contributed by atoms with E-state index in [2.05, 4.69) is 127 Å². The first kappa shape index (κ1) is 88.9. The summed E-state index contributed by atoms with van der Waals surface area (Å²) in [5.74, 6) is 4.03. The van der Waals surface area contributed by atoms with Crippen LogP contribution in [0.3, 0.4) is 0 Å². The molecular weight excluding hydrogens is 1540 g/mol. The molecule has 21 nitrogen and oxygen atoms in total. The van der Waals surface area contributed by atoms with Crippen LogP contribution in [0.4, 0.5) is 5.69 Å². The Morgan fingerprint density at radius 1 is 0.404 bits per heavy atom. The third kappa shape index (κ3) is 19.2. The van der Waals surface area contributed by atoms with Gasteiger partial charge in [0, 0.05) is 85.5 Å². The van der Waals surface area contributed by atoms with Gasteiger partial charge in [-0.1, -0.05) is 135 Å². The van der Waals surface area contributed by atoms with Crippen LogP contribution in [0, 0.1) is 75.6 Å². The molecule has 10 fully saturated rings. The Morgan fingerprint density at radius 2 is 0.632 bits per heavy atom. The Labute approximate surface area is 681 Å². The van der Waals surface area contributed by atoms with Gasteiger partial charge in [-0.2, -0.15) is 22.5 Å². The second-order valence-electron chi connectivity index (χ2n) is 41.3. The Morgan fingerprint density at radius 3 is 0.868 bits per heavy atom. The van der Waals surface area contributed by atoms with E-state index in [1.165, 1.54) is 30.7 Å². The highest BCUT2D eigenvalue weighted by molar-refractivity contribution is 7.98. The number of nitro benzene ring substituents is 1. The summed E-state index contributed by atoms with van der Waals surface area (Å²) in [5.41, 5.74) is 3.98. The fraction of sp³-hybridized carbons (Fsp3) is 0.614. The monoisotopic (exact) mass is 1660 g/mol. The van der Waals surface area contributed by atoms with Gasteiger partial charge in [0.15, 0.2) is 0 Å². The van der Waals surface area contributed by atoms with Gasteiger partial charge >= 0.3 is 0 Å². The predicted octanol–water partition coefficient (Wildman–Crippen LogP) is 17.1. The van der Waals surface area contributed by atoms with Crippen LogP contribution in [0.2, 0.25) is 0 Å². The third-order valence-electron chi connectivity index (χ3n) is 26.0. The molecule has 114 heavy (non-hydrogen) atoms. The van der Waals surface area contributed by atoms with E-state index < -0.39 is 66.9 Å². The fourth-order valence-corrected chi connectivity index (χ4v) is 32.4. The van der Waals surface area contributed by atoms with Crippen molar-refractivity contribution < 1.29 is 58.1 Å². The van der Waals surface area contributed by atoms with Crippen molar-refractivity contribution in [3.8, 4) is 6.07 Å². The van der Waals surface area contributed by atoms with Crippen molar-refractivity contribution in [1.29, 1.82) is 5.26 Å². The van der Waals surface area contributed by atoms with E-state index in [1.54, 1.807) is 128 Å². The summed E-state index contributed by atoms with van der Waals surface area (Å²) in [6.07, 6.45) is 13.8. The standard InChI is InChI=1S/C18H24N2OS.2C18H27NO3S.C18H25NO3S.C16H22N2O4S/c1-17(2)9-15-10-18(3,12-17)13-20(15)22(4,21)16-7-5-14(11-19)6-8-16;3*1-13(20)14-5-7-16(8-6-14)23(21,22)19-12-18(4)10-15(19)9-17(2,3)11-18;1-15(2)8-13-9-16(3,10-15)11-17(13)23(21,22)14-6-4-12(5-7-14)18(19)20/h5-8,15H,4,9-10,12-13H2,1-3H3;2*5-8,13,15,20H,9-12H2,1-4H3;5-8,15,20H,1,9-12H2,2-4H3;4-7,13H,8-11H2,1-3H3. The molecule has 5 aliphatic heterocycles. The van der Waals surface area contributed by atoms with E-state index in [-0.39, 0.29) is 94.1 Å². The van der Waals surface area contributed by atoms with E-state index in [4.69, 9.17) is 5.26 Å². The summed E-state index contributed by atoms with van der Waals surface area (Å²) in [6.45, 7) is 43.6. The van der Waals surface area contributed by atoms with Crippen molar-refractivity contribution >= 4 is 67.1 Å². The smallest absolute Gasteiger partial charge is 0.269 e. The highest BCUT2D eigenvalue weighted by Crippen LogP contribution is 2.59. The van der Waals surface area contributed by atoms with Crippen LogP contribution in [0.1, 0.15) is 248 Å². The summed E-state index contributed by atoms with van der Waals surface area (Å²) in [4.78, 5) is 12.0. The molecule has 3 N–H and O–H groups in total. The number of nitro groups is 1. The van der Waals surface area contributed by atoms with Crippen LogP contribution in [0.25, 0.3) is 5.76 Å². The van der Waals surface area contributed by atoms with Crippen LogP contribution in [0.15, 0.2) is 152 Å². The van der Waals surface area contributed by atoms with E-state index in [0.717, 1.165) is 112 Å². The molecule has 5 saturated carbocycles. The molecule has 0 aromatic heterocycles. The molecule has 5 aromatic rings. The van der Waals surface area contributed by atoms with Gasteiger partial charge in [-0.15, -0.1) is 0 Å². The van der Waals surface area contributed by atoms with Gasteiger partial charge in [-0.3, -0.25) is 10.1 Å². The Bertz CT molecular complexity index is 4820. The predicted molar refractivity (Wildman–Crippen MR) is 450 cm³/mol. The average molecular weight is 1670 g/mol. The number of nitriles is 1. The average Bonchev–Trinajstić information content (AvgIpc) is 1.62. The number of non-ortho nitro benzene ring substituents is 1. The maximum Gasteiger partial charge on any atom is 0.269 e. The molecule has 5 aliphatic carbocycles. The van der Waals surface area contributed by atoms with E-state index in [0.29, 0.717) is 58.6 Å². The molecule has 5 saturated heterocycles. The topological polar surface area (TPSA) is 297 Å². The number of rotatable bonds is 14. The van der Waals surface area contributed by atoms with Crippen LogP contribution in [-0.2, 0) is 49.8 Å². The normalized spacial score (nSPS) is 31.5. The number of benzene rings is 5. The van der Waals surface area contributed by atoms with E-state index in [9.17, 15) is 63.3 Å². The third-order valence-corrected chi connectivity index (χ3v) is 35.8. The van der Waals surface area contributed by atoms with Gasteiger partial charge in [0.25, 0.3) is 5.69 Å². The highest BCUT2D eigenvalue weighted by Gasteiger charge is 2.58. The summed E-state index contributed by atoms with van der Waals surface area (Å²) < 4.78 is 127. The fourth-order valence-electron chi connectivity index (χ4n) is 23.3. The Kier molecular flexibility index (Phi) is 24.2. The van der Waals surface area contributed by atoms with Gasteiger partial charge in [-0.05, 0) is 266 Å². The maximum atomic E-state index is 13.4. The lowest BCUT2D eigenvalue weighted by Gasteiger charge is -2.39. The number of hydrogen-bond donors (Lipinski definition) is 3. The molecule has 0 spiro atoms. The first-order valence-corrected chi connectivity index (χ1v) is 47.7. The van der Waals surface area contributed by atoms with Crippen molar-refractivity contribution in [2.45, 2.75) is 281 Å². The lowest BCUT2D eigenvalue weighted by atomic mass is 9.65. The molecule has 15 rings (SSSR count). The zero-order chi connectivity index (χ0) is 84.3. The van der Waals surface area contributed by atoms with Crippen LogP contribution >= 0.6 is 0 Å². The quantitative estimate of drug-likeness (QED) is 0.0403. The first-order valence-electron chi connectivity index (χ1n) is 40.3. The van der Waals surface area contributed by atoms with Gasteiger partial charge in [0.05, 0.1) is 58.1 Å². The molecule has 0 amide bonds. The number of sulfonamides is 4. The Balaban J connectivity index is 0.000000141. The first-order chi connectivity index (χ1) is 52.2. The van der Waals surface area contributed by atoms with Crippen LogP contribution in [-0.4, -0.2) is 148 Å². The zero-order valence-electron chi connectivity index (χ0n) is 70.1. The van der Waals surface area contributed by atoms with E-state index >= 15 is 0 Å². The van der Waals surface area contributed by atoms with Crippen molar-refractivity contribution in [1.82, 2.24) is 21.5 Å². The number of hydrogen-bond acceptors (Lipinski definition) is 15. The summed E-state index contributed by atoms with van der Waals surface area (Å²) in [5, 5.41) is 48.2. The molecule has 5 heterocycles. The molecule has 10 aliphatic rings. The van der Waals surface area contributed by atoms with Crippen LogP contribution in [0.5, 0.6) is 0 Å². The lowest BCUT2D eigenvalue weighted by molar-refractivity contribution is -0.384. The minimum atomic E-state index is -3.61. The molecule has 5 aromatic carbocycles. The number of aliphatic hydroxyl groups is 3. The van der Waals surface area contributed by atoms with Gasteiger partial charge in [0.1, 0.15) is 5.76 Å². The largest absolute Gasteiger partial charge is 0.508 e. The summed E-state index contributed by atoms with van der Waals surface area (Å²) >= 11 is 0. The van der Waals surface area contributed by atoms with Crippen molar-refractivity contribution in [2.75, 3.05) is 32.7 Å². The van der Waals surface area contributed by atoms with Crippen LogP contribution < -0.4 is 0 Å². The Hall–Kier alpha value is -5.93. The van der Waals surface area contributed by atoms with Gasteiger partial charge in [0.2, 0.25) is 40.1 Å². The lowest BCUT2D eigenvalue weighted by Crippen LogP contribution is -2.37. The summed E-state index contributed by atoms with van der Waals surface area (Å²) in [6, 6.07) is 34.6. The highest BCUT2D eigenvalue weighted by atomic mass is 32.2. The molecule has 626 valence electrons. The second kappa shape index (κ2) is 31.0.